The normalized spacial score (nSPS) is 28.2. The summed E-state index contributed by atoms with van der Waals surface area (Å²) in [5.74, 6) is -0.417. The highest BCUT2D eigenvalue weighted by atomic mass is 32.2. The van der Waals surface area contributed by atoms with E-state index in [1.807, 2.05) is 25.1 Å². The minimum atomic E-state index is -0.658. The average molecular weight is 250 g/mol. The zero-order chi connectivity index (χ0) is 12.5. The first kappa shape index (κ1) is 12.5. The molecule has 0 radical (unpaired) electrons. The van der Waals surface area contributed by atoms with Crippen molar-refractivity contribution in [2.24, 2.45) is 5.92 Å². The minimum Gasteiger partial charge on any atom is -0.480 e. The highest BCUT2D eigenvalue weighted by molar-refractivity contribution is 8.01. The Labute approximate surface area is 106 Å². The molecule has 1 aliphatic carbocycles. The van der Waals surface area contributed by atoms with Crippen molar-refractivity contribution in [1.29, 1.82) is 0 Å². The zero-order valence-corrected chi connectivity index (χ0v) is 11.1. The molecule has 1 aliphatic rings. The third-order valence-corrected chi connectivity index (χ3v) is 5.27. The summed E-state index contributed by atoms with van der Waals surface area (Å²) in [6.45, 7) is 4.10. The maximum Gasteiger partial charge on any atom is 0.320 e. The standard InChI is InChI=1S/C14H18O2S/c1-10-5-3-7-12(9-10)17-14(13(15)16)8-4-6-11(14)2/h3,5,7,9,11H,4,6,8H2,1-2H3,(H,15,16). The van der Waals surface area contributed by atoms with Crippen molar-refractivity contribution in [3.8, 4) is 0 Å². The van der Waals surface area contributed by atoms with Crippen LogP contribution in [0, 0.1) is 12.8 Å². The summed E-state index contributed by atoms with van der Waals surface area (Å²) in [6, 6.07) is 8.11. The van der Waals surface area contributed by atoms with Crippen molar-refractivity contribution in [1.82, 2.24) is 0 Å². The highest BCUT2D eigenvalue weighted by Crippen LogP contribution is 2.49. The van der Waals surface area contributed by atoms with E-state index in [9.17, 15) is 9.90 Å². The van der Waals surface area contributed by atoms with E-state index in [1.54, 1.807) is 0 Å². The second-order valence-electron chi connectivity index (χ2n) is 4.91. The Kier molecular flexibility index (Phi) is 3.48. The molecule has 0 amide bonds. The summed E-state index contributed by atoms with van der Waals surface area (Å²) >= 11 is 1.53. The quantitative estimate of drug-likeness (QED) is 0.888. The summed E-state index contributed by atoms with van der Waals surface area (Å²) in [6.07, 6.45) is 2.82. The van der Waals surface area contributed by atoms with E-state index in [0.29, 0.717) is 0 Å². The lowest BCUT2D eigenvalue weighted by atomic mass is 9.97. The molecule has 2 nitrogen and oxygen atoms in total. The molecule has 2 unspecified atom stereocenters. The van der Waals surface area contributed by atoms with E-state index >= 15 is 0 Å². The van der Waals surface area contributed by atoms with Gasteiger partial charge >= 0.3 is 5.97 Å². The Morgan fingerprint density at radius 2 is 2.29 bits per heavy atom. The van der Waals surface area contributed by atoms with Crippen LogP contribution in [0.15, 0.2) is 29.2 Å². The van der Waals surface area contributed by atoms with Crippen LogP contribution >= 0.6 is 11.8 Å². The maximum absolute atomic E-state index is 11.6. The summed E-state index contributed by atoms with van der Waals surface area (Å²) in [4.78, 5) is 12.7. The van der Waals surface area contributed by atoms with Gasteiger partial charge in [0.2, 0.25) is 0 Å². The first-order valence-electron chi connectivity index (χ1n) is 6.04. The van der Waals surface area contributed by atoms with E-state index in [4.69, 9.17) is 0 Å². The fraction of sp³-hybridized carbons (Fsp3) is 0.500. The first-order chi connectivity index (χ1) is 8.04. The van der Waals surface area contributed by atoms with Crippen LogP contribution in [0.4, 0.5) is 0 Å². The lowest BCUT2D eigenvalue weighted by molar-refractivity contribution is -0.140. The van der Waals surface area contributed by atoms with Gasteiger partial charge < -0.3 is 5.11 Å². The molecule has 2 rings (SSSR count). The molecule has 0 saturated heterocycles. The Morgan fingerprint density at radius 1 is 1.53 bits per heavy atom. The van der Waals surface area contributed by atoms with E-state index in [0.717, 1.165) is 24.2 Å². The molecule has 1 aromatic rings. The molecule has 1 aromatic carbocycles. The van der Waals surface area contributed by atoms with Crippen molar-refractivity contribution < 1.29 is 9.90 Å². The van der Waals surface area contributed by atoms with E-state index < -0.39 is 10.7 Å². The number of hydrogen-bond donors (Lipinski definition) is 1. The van der Waals surface area contributed by atoms with Crippen LogP contribution in [0.3, 0.4) is 0 Å². The molecule has 0 spiro atoms. The van der Waals surface area contributed by atoms with Crippen molar-refractivity contribution >= 4 is 17.7 Å². The minimum absolute atomic E-state index is 0.241. The number of carboxylic acid groups (broad SMARTS) is 1. The second kappa shape index (κ2) is 4.73. The predicted molar refractivity (Wildman–Crippen MR) is 70.4 cm³/mol. The zero-order valence-electron chi connectivity index (χ0n) is 10.3. The molecule has 0 bridgehead atoms. The van der Waals surface area contributed by atoms with Crippen molar-refractivity contribution in [2.75, 3.05) is 0 Å². The number of hydrogen-bond acceptors (Lipinski definition) is 2. The van der Waals surface area contributed by atoms with E-state index in [-0.39, 0.29) is 5.92 Å². The molecule has 0 heterocycles. The van der Waals surface area contributed by atoms with E-state index in [1.165, 1.54) is 17.3 Å². The molecule has 1 fully saturated rings. The van der Waals surface area contributed by atoms with Gasteiger partial charge in [0, 0.05) is 4.90 Å². The lowest BCUT2D eigenvalue weighted by Crippen LogP contribution is -2.37. The predicted octanol–water partition coefficient (Wildman–Crippen LogP) is 3.73. The molecule has 1 N–H and O–H groups in total. The maximum atomic E-state index is 11.6. The number of rotatable bonds is 3. The molecule has 0 aliphatic heterocycles. The number of thioether (sulfide) groups is 1. The molecular weight excluding hydrogens is 232 g/mol. The van der Waals surface area contributed by atoms with Gasteiger partial charge in [-0.25, -0.2) is 0 Å². The van der Waals surface area contributed by atoms with Crippen LogP contribution in [0.1, 0.15) is 31.7 Å². The molecule has 92 valence electrons. The molecule has 3 heteroatoms. The van der Waals surface area contributed by atoms with Gasteiger partial charge in [0.15, 0.2) is 0 Å². The highest BCUT2D eigenvalue weighted by Gasteiger charge is 2.47. The van der Waals surface area contributed by atoms with Crippen LogP contribution in [-0.2, 0) is 4.79 Å². The van der Waals surface area contributed by atoms with Gasteiger partial charge in [0.05, 0.1) is 0 Å². The molecule has 17 heavy (non-hydrogen) atoms. The summed E-state index contributed by atoms with van der Waals surface area (Å²) in [5.41, 5.74) is 1.18. The van der Waals surface area contributed by atoms with Gasteiger partial charge in [0.25, 0.3) is 0 Å². The fourth-order valence-corrected chi connectivity index (χ4v) is 4.02. The van der Waals surface area contributed by atoms with E-state index in [2.05, 4.69) is 13.0 Å². The van der Waals surface area contributed by atoms with Gasteiger partial charge in [0.1, 0.15) is 4.75 Å². The second-order valence-corrected chi connectivity index (χ2v) is 6.31. The van der Waals surface area contributed by atoms with Crippen LogP contribution in [0.5, 0.6) is 0 Å². The monoisotopic (exact) mass is 250 g/mol. The third kappa shape index (κ3) is 2.34. The fourth-order valence-electron chi connectivity index (χ4n) is 2.55. The lowest BCUT2D eigenvalue weighted by Gasteiger charge is -2.28. The Hall–Kier alpha value is -0.960. The third-order valence-electron chi connectivity index (χ3n) is 3.63. The van der Waals surface area contributed by atoms with Crippen molar-refractivity contribution in [3.05, 3.63) is 29.8 Å². The number of carboxylic acids is 1. The average Bonchev–Trinajstić information content (AvgIpc) is 2.61. The van der Waals surface area contributed by atoms with Gasteiger partial charge in [-0.15, -0.1) is 11.8 Å². The number of aliphatic carboxylic acids is 1. The van der Waals surface area contributed by atoms with Gasteiger partial charge in [-0.05, 0) is 37.8 Å². The first-order valence-corrected chi connectivity index (χ1v) is 6.85. The SMILES string of the molecule is Cc1cccc(SC2(C(=O)O)CCCC2C)c1. The van der Waals surface area contributed by atoms with Crippen LogP contribution < -0.4 is 0 Å². The molecular formula is C14H18O2S. The van der Waals surface area contributed by atoms with Crippen LogP contribution in [0.2, 0.25) is 0 Å². The van der Waals surface area contributed by atoms with Crippen LogP contribution in [-0.4, -0.2) is 15.8 Å². The van der Waals surface area contributed by atoms with Crippen LogP contribution in [0.25, 0.3) is 0 Å². The summed E-state index contributed by atoms with van der Waals surface area (Å²) in [7, 11) is 0. The topological polar surface area (TPSA) is 37.3 Å². The van der Waals surface area contributed by atoms with Gasteiger partial charge in [-0.1, -0.05) is 31.0 Å². The molecule has 2 atom stereocenters. The number of benzene rings is 1. The summed E-state index contributed by atoms with van der Waals surface area (Å²) < 4.78 is -0.617. The van der Waals surface area contributed by atoms with Gasteiger partial charge in [-0.3, -0.25) is 4.79 Å². The number of carbonyl (C=O) groups is 1. The van der Waals surface area contributed by atoms with Gasteiger partial charge in [-0.2, -0.15) is 0 Å². The Bertz CT molecular complexity index is 430. The largest absolute Gasteiger partial charge is 0.480 e. The van der Waals surface area contributed by atoms with Crippen molar-refractivity contribution in [3.63, 3.8) is 0 Å². The molecule has 1 saturated carbocycles. The Morgan fingerprint density at radius 3 is 2.82 bits per heavy atom. The molecule has 0 aromatic heterocycles. The smallest absolute Gasteiger partial charge is 0.320 e. The number of aryl methyl sites for hydroxylation is 1. The van der Waals surface area contributed by atoms with Crippen molar-refractivity contribution in [2.45, 2.75) is 42.8 Å². The Balaban J connectivity index is 2.28. The summed E-state index contributed by atoms with van der Waals surface area (Å²) in [5, 5.41) is 9.54.